The maximum Gasteiger partial charge on any atom is 0.323 e. The average Bonchev–Trinajstić information content (AvgIpc) is 3.07. The smallest absolute Gasteiger partial charge is 0.323 e. The molecule has 0 spiro atoms. The van der Waals surface area contributed by atoms with Gasteiger partial charge in [-0.2, -0.15) is 0 Å². The first kappa shape index (κ1) is 22.0. The fraction of sp³-hybridized carbons (Fsp3) is 0.200. The van der Waals surface area contributed by atoms with Crippen LogP contribution >= 0.6 is 0 Å². The summed E-state index contributed by atoms with van der Waals surface area (Å²) in [5, 5.41) is 5.68. The van der Waals surface area contributed by atoms with Crippen molar-refractivity contribution in [2.45, 2.75) is 34.1 Å². The van der Waals surface area contributed by atoms with Crippen molar-refractivity contribution in [3.63, 3.8) is 0 Å². The fourth-order valence-electron chi connectivity index (χ4n) is 3.28. The second kappa shape index (κ2) is 9.89. The Hall–Kier alpha value is -3.67. The van der Waals surface area contributed by atoms with Crippen LogP contribution in [0.4, 0.5) is 20.6 Å². The van der Waals surface area contributed by atoms with Crippen LogP contribution in [-0.2, 0) is 6.42 Å². The number of nitrogens with zero attached hydrogens (tertiary/aromatic N) is 1. The van der Waals surface area contributed by atoms with Gasteiger partial charge in [0, 0.05) is 11.4 Å². The predicted octanol–water partition coefficient (Wildman–Crippen LogP) is 6.52. The van der Waals surface area contributed by atoms with Crippen molar-refractivity contribution < 1.29 is 9.18 Å². The van der Waals surface area contributed by atoms with E-state index >= 15 is 0 Å². The van der Waals surface area contributed by atoms with Crippen molar-refractivity contribution in [3.8, 4) is 0 Å². The van der Waals surface area contributed by atoms with Gasteiger partial charge in [0.2, 0.25) is 0 Å². The van der Waals surface area contributed by atoms with Crippen LogP contribution in [0, 0.1) is 26.6 Å². The lowest BCUT2D eigenvalue weighted by atomic mass is 10.1. The molecule has 0 aliphatic carbocycles. The Bertz CT molecular complexity index is 1160. The second-order valence-electron chi connectivity index (χ2n) is 7.49. The highest BCUT2D eigenvalue weighted by Gasteiger charge is 2.06. The Balaban J connectivity index is 0.000000254. The summed E-state index contributed by atoms with van der Waals surface area (Å²) >= 11 is 0. The molecule has 6 heteroatoms. The number of rotatable bonds is 3. The summed E-state index contributed by atoms with van der Waals surface area (Å²) in [5.74, 6) is 0.694. The number of aryl methyl sites for hydroxylation is 4. The normalized spacial score (nSPS) is 10.4. The standard InChI is InChI=1S/C17H18N4O.C8H9F/c1-10-6-11(2)8-14(7-10)21-17(22)20-13-4-5-15-16(9-13)19-12(3)18-15;1-2-7-3-5-8(9)6-4-7/h4-9H,1-3H3,(H,18,19)(H2,20,21,22);3-6H,2H2,1H3. The number of carbonyl (C=O) groups is 1. The van der Waals surface area contributed by atoms with Crippen LogP contribution in [0.2, 0.25) is 0 Å². The number of urea groups is 1. The molecule has 31 heavy (non-hydrogen) atoms. The number of anilines is 2. The lowest BCUT2D eigenvalue weighted by molar-refractivity contribution is 0.262. The zero-order chi connectivity index (χ0) is 22.4. The number of aromatic amines is 1. The van der Waals surface area contributed by atoms with Crippen molar-refractivity contribution in [2.75, 3.05) is 10.6 Å². The molecule has 160 valence electrons. The second-order valence-corrected chi connectivity index (χ2v) is 7.49. The molecule has 0 aliphatic heterocycles. The lowest BCUT2D eigenvalue weighted by Crippen LogP contribution is -2.19. The maximum atomic E-state index is 12.2. The zero-order valence-electron chi connectivity index (χ0n) is 18.2. The molecule has 3 aromatic carbocycles. The SMILES string of the molecule is CCc1ccc(F)cc1.Cc1cc(C)cc(NC(=O)Nc2ccc3nc(C)[nH]c3c2)c1. The quantitative estimate of drug-likeness (QED) is 0.354. The Labute approximate surface area is 181 Å². The highest BCUT2D eigenvalue weighted by Crippen LogP contribution is 2.18. The van der Waals surface area contributed by atoms with Gasteiger partial charge >= 0.3 is 6.03 Å². The molecule has 0 aliphatic rings. The van der Waals surface area contributed by atoms with Gasteiger partial charge in [-0.05, 0) is 86.3 Å². The van der Waals surface area contributed by atoms with E-state index in [0.717, 1.165) is 45.8 Å². The zero-order valence-corrected chi connectivity index (χ0v) is 18.2. The molecule has 2 amide bonds. The van der Waals surface area contributed by atoms with Crippen molar-refractivity contribution in [1.82, 2.24) is 9.97 Å². The molecule has 0 fully saturated rings. The van der Waals surface area contributed by atoms with Crippen LogP contribution in [0.5, 0.6) is 0 Å². The summed E-state index contributed by atoms with van der Waals surface area (Å²) < 4.78 is 12.2. The number of halogens is 1. The first-order valence-corrected chi connectivity index (χ1v) is 10.2. The van der Waals surface area contributed by atoms with Crippen LogP contribution in [0.15, 0.2) is 60.7 Å². The van der Waals surface area contributed by atoms with E-state index < -0.39 is 0 Å². The lowest BCUT2D eigenvalue weighted by Gasteiger charge is -2.09. The minimum Gasteiger partial charge on any atom is -0.342 e. The molecule has 0 radical (unpaired) electrons. The Morgan fingerprint density at radius 1 is 0.903 bits per heavy atom. The highest BCUT2D eigenvalue weighted by molar-refractivity contribution is 6.00. The molecule has 5 nitrogen and oxygen atoms in total. The van der Waals surface area contributed by atoms with E-state index in [1.54, 1.807) is 12.1 Å². The molecule has 3 N–H and O–H groups in total. The van der Waals surface area contributed by atoms with Crippen molar-refractivity contribution in [2.24, 2.45) is 0 Å². The number of hydrogen-bond acceptors (Lipinski definition) is 2. The van der Waals surface area contributed by atoms with Gasteiger partial charge in [-0.3, -0.25) is 0 Å². The van der Waals surface area contributed by atoms with Gasteiger partial charge in [-0.1, -0.05) is 25.1 Å². The number of amides is 2. The van der Waals surface area contributed by atoms with E-state index in [9.17, 15) is 9.18 Å². The van der Waals surface area contributed by atoms with Gasteiger partial charge in [-0.25, -0.2) is 14.2 Å². The molecular weight excluding hydrogens is 391 g/mol. The Kier molecular flexibility index (Phi) is 7.03. The monoisotopic (exact) mass is 418 g/mol. The summed E-state index contributed by atoms with van der Waals surface area (Å²) in [4.78, 5) is 19.6. The van der Waals surface area contributed by atoms with E-state index in [1.807, 2.05) is 58.0 Å². The number of nitrogens with one attached hydrogen (secondary N) is 3. The van der Waals surface area contributed by atoms with Crippen molar-refractivity contribution in [3.05, 3.63) is 89.0 Å². The molecule has 0 saturated heterocycles. The molecule has 1 aromatic heterocycles. The summed E-state index contributed by atoms with van der Waals surface area (Å²) in [7, 11) is 0. The molecular formula is C25H27FN4O. The summed E-state index contributed by atoms with van der Waals surface area (Å²) in [6.07, 6.45) is 0.972. The van der Waals surface area contributed by atoms with Gasteiger partial charge in [0.1, 0.15) is 11.6 Å². The summed E-state index contributed by atoms with van der Waals surface area (Å²) in [6.45, 7) is 7.96. The molecule has 1 heterocycles. The van der Waals surface area contributed by atoms with E-state index in [0.29, 0.717) is 0 Å². The molecule has 0 saturated carbocycles. The van der Waals surface area contributed by atoms with E-state index in [2.05, 4.69) is 26.7 Å². The minimum absolute atomic E-state index is 0.160. The number of H-pyrrole nitrogens is 1. The van der Waals surface area contributed by atoms with Gasteiger partial charge in [0.15, 0.2) is 0 Å². The summed E-state index contributed by atoms with van der Waals surface area (Å²) in [5.41, 5.74) is 6.71. The van der Waals surface area contributed by atoms with Crippen LogP contribution in [0.1, 0.15) is 29.4 Å². The van der Waals surface area contributed by atoms with Gasteiger partial charge in [-0.15, -0.1) is 0 Å². The Morgan fingerprint density at radius 2 is 1.55 bits per heavy atom. The van der Waals surface area contributed by atoms with Crippen molar-refractivity contribution >= 4 is 28.4 Å². The fourth-order valence-corrected chi connectivity index (χ4v) is 3.28. The first-order valence-electron chi connectivity index (χ1n) is 10.2. The van der Waals surface area contributed by atoms with E-state index in [-0.39, 0.29) is 11.8 Å². The van der Waals surface area contributed by atoms with Crippen LogP contribution < -0.4 is 10.6 Å². The number of imidazole rings is 1. The third-order valence-corrected chi connectivity index (χ3v) is 4.66. The third-order valence-electron chi connectivity index (χ3n) is 4.66. The predicted molar refractivity (Wildman–Crippen MR) is 125 cm³/mol. The molecule has 4 aromatic rings. The van der Waals surface area contributed by atoms with Crippen LogP contribution in [0.3, 0.4) is 0 Å². The highest BCUT2D eigenvalue weighted by atomic mass is 19.1. The third kappa shape index (κ3) is 6.40. The number of benzene rings is 3. The van der Waals surface area contributed by atoms with Gasteiger partial charge in [0.25, 0.3) is 0 Å². The first-order chi connectivity index (χ1) is 14.8. The number of aromatic nitrogens is 2. The molecule has 0 bridgehead atoms. The van der Waals surface area contributed by atoms with Crippen LogP contribution in [0.25, 0.3) is 11.0 Å². The number of fused-ring (bicyclic) bond motifs is 1. The maximum absolute atomic E-state index is 12.2. The van der Waals surface area contributed by atoms with Gasteiger partial charge < -0.3 is 15.6 Å². The van der Waals surface area contributed by atoms with E-state index in [4.69, 9.17) is 0 Å². The molecule has 0 unspecified atom stereocenters. The summed E-state index contributed by atoms with van der Waals surface area (Å²) in [6, 6.07) is 17.8. The largest absolute Gasteiger partial charge is 0.342 e. The van der Waals surface area contributed by atoms with Crippen LogP contribution in [-0.4, -0.2) is 16.0 Å². The average molecular weight is 419 g/mol. The number of hydrogen-bond donors (Lipinski definition) is 3. The Morgan fingerprint density at radius 3 is 2.19 bits per heavy atom. The number of carbonyl (C=O) groups excluding carboxylic acids is 1. The molecule has 0 atom stereocenters. The van der Waals surface area contributed by atoms with E-state index in [1.165, 1.54) is 17.7 Å². The minimum atomic E-state index is -0.263. The molecule has 4 rings (SSSR count). The van der Waals surface area contributed by atoms with Gasteiger partial charge in [0.05, 0.1) is 11.0 Å². The van der Waals surface area contributed by atoms with Crippen molar-refractivity contribution in [1.29, 1.82) is 0 Å². The topological polar surface area (TPSA) is 69.8 Å².